The third-order valence-electron chi connectivity index (χ3n) is 9.29. The number of alkyl carbamates (subject to hydrolysis) is 2. The average molecular weight is 493 g/mol. The monoisotopic (exact) mass is 492 g/mol. The summed E-state index contributed by atoms with van der Waals surface area (Å²) in [7, 11) is 0. The number of ether oxygens (including phenoxy) is 2. The third-order valence-corrected chi connectivity index (χ3v) is 9.29. The van der Waals surface area contributed by atoms with Crippen LogP contribution in [0, 0.1) is 28.6 Å². The Morgan fingerprint density at radius 1 is 1.26 bits per heavy atom. The summed E-state index contributed by atoms with van der Waals surface area (Å²) in [6.45, 7) is 12.3. The highest BCUT2D eigenvalue weighted by molar-refractivity contribution is 5.87. The Balaban J connectivity index is 1.78. The van der Waals surface area contributed by atoms with Crippen molar-refractivity contribution in [1.29, 1.82) is 0 Å². The van der Waals surface area contributed by atoms with E-state index < -0.39 is 29.8 Å². The molecule has 0 aromatic rings. The minimum absolute atomic E-state index is 0.0182. The number of carbonyl (C=O) groups is 3. The molecule has 8 heteroatoms. The highest BCUT2D eigenvalue weighted by Crippen LogP contribution is 2.57. The van der Waals surface area contributed by atoms with Crippen LogP contribution in [0.3, 0.4) is 0 Å². The molecule has 1 unspecified atom stereocenters. The summed E-state index contributed by atoms with van der Waals surface area (Å²) in [4.78, 5) is 37.8. The molecule has 0 saturated heterocycles. The molecule has 8 nitrogen and oxygen atoms in total. The lowest BCUT2D eigenvalue weighted by Gasteiger charge is -2.50. The van der Waals surface area contributed by atoms with Crippen molar-refractivity contribution in [2.24, 2.45) is 34.3 Å². The van der Waals surface area contributed by atoms with Crippen LogP contribution in [0.4, 0.5) is 9.59 Å². The van der Waals surface area contributed by atoms with Gasteiger partial charge in [-0.05, 0) is 55.8 Å². The van der Waals surface area contributed by atoms with Gasteiger partial charge in [-0.3, -0.25) is 4.79 Å². The van der Waals surface area contributed by atoms with Crippen LogP contribution in [0.25, 0.3) is 0 Å². The Kier molecular flexibility index (Phi) is 8.69. The van der Waals surface area contributed by atoms with Gasteiger partial charge in [0.1, 0.15) is 18.0 Å². The number of rotatable bonds is 7. The number of nitrogens with one attached hydrogen (secondary N) is 1. The van der Waals surface area contributed by atoms with E-state index in [1.165, 1.54) is 0 Å². The first-order chi connectivity index (χ1) is 16.4. The highest BCUT2D eigenvalue weighted by Gasteiger charge is 2.57. The minimum Gasteiger partial charge on any atom is -0.446 e. The van der Waals surface area contributed by atoms with Crippen molar-refractivity contribution < 1.29 is 29.0 Å². The molecular weight excluding hydrogens is 448 g/mol. The van der Waals surface area contributed by atoms with Crippen molar-refractivity contribution in [1.82, 2.24) is 5.32 Å². The van der Waals surface area contributed by atoms with E-state index in [0.29, 0.717) is 38.0 Å². The van der Waals surface area contributed by atoms with Crippen LogP contribution in [-0.2, 0) is 14.3 Å². The second kappa shape index (κ2) is 11.0. The number of hydrogen-bond donors (Lipinski definition) is 3. The van der Waals surface area contributed by atoms with Gasteiger partial charge in [-0.15, -0.1) is 6.58 Å². The number of carbonyl (C=O) groups excluding carboxylic acids is 3. The van der Waals surface area contributed by atoms with Gasteiger partial charge in [0, 0.05) is 23.8 Å². The lowest BCUT2D eigenvalue weighted by atomic mass is 9.56. The first kappa shape index (κ1) is 27.7. The number of ketones is 1. The number of aliphatic hydroxyl groups is 1. The molecule has 0 aromatic carbocycles. The molecule has 3 fully saturated rings. The number of nitrogens with two attached hydrogens (primary N) is 1. The van der Waals surface area contributed by atoms with E-state index in [1.54, 1.807) is 6.08 Å². The van der Waals surface area contributed by atoms with Gasteiger partial charge < -0.3 is 20.3 Å². The van der Waals surface area contributed by atoms with E-state index in [-0.39, 0.29) is 35.2 Å². The Hall–Kier alpha value is -1.93. The van der Waals surface area contributed by atoms with Crippen LogP contribution < -0.4 is 11.1 Å². The summed E-state index contributed by atoms with van der Waals surface area (Å²) in [5, 5.41) is 13.7. The van der Waals surface area contributed by atoms with Crippen molar-refractivity contribution >= 4 is 18.0 Å². The van der Waals surface area contributed by atoms with Crippen molar-refractivity contribution in [3.8, 4) is 0 Å². The summed E-state index contributed by atoms with van der Waals surface area (Å²) in [5.74, 6) is 0.289. The zero-order valence-corrected chi connectivity index (χ0v) is 21.8. The van der Waals surface area contributed by atoms with Crippen molar-refractivity contribution in [3.05, 3.63) is 12.7 Å². The summed E-state index contributed by atoms with van der Waals surface area (Å²) in [6, 6.07) is 0.0182. The summed E-state index contributed by atoms with van der Waals surface area (Å²) in [6.07, 6.45) is 4.19. The maximum absolute atomic E-state index is 13.1. The average Bonchev–Trinajstić information content (AvgIpc) is 3.10. The number of hydrogen-bond acceptors (Lipinski definition) is 7. The van der Waals surface area contributed by atoms with E-state index in [1.807, 2.05) is 6.92 Å². The lowest BCUT2D eigenvalue weighted by Crippen LogP contribution is -2.52. The standard InChI is InChI=1S/C27H44N2O6/c1-6-16(3)8-10-27-11-9-22(30)21(27)14-20(15-26(5,7-2)23(31)17(27)4)35-25(33)29-24(32)34-19-12-18(28)13-19/h7,16-21,23,31H,2,6,8-15,28H2,1,3-5H3,(H,29,32,33)/t16?,17-,18-,19-,20-,21+,23-,26+,27-/m0/s1. The van der Waals surface area contributed by atoms with Gasteiger partial charge in [-0.1, -0.05) is 46.6 Å². The second-order valence-electron chi connectivity index (χ2n) is 11.6. The Morgan fingerprint density at radius 2 is 1.89 bits per heavy atom. The van der Waals surface area contributed by atoms with E-state index in [4.69, 9.17) is 15.2 Å². The van der Waals surface area contributed by atoms with E-state index in [9.17, 15) is 19.5 Å². The minimum atomic E-state index is -0.909. The molecule has 0 aliphatic heterocycles. The second-order valence-corrected chi connectivity index (χ2v) is 11.6. The zero-order valence-electron chi connectivity index (χ0n) is 21.8. The SMILES string of the molecule is C=C[C@]1(C)C[C@@H](OC(=O)NC(=O)O[C@H]2C[C@H](N)C2)C[C@@H]2C(=O)CC[C@@]2(CCC(C)CC)[C@@H](C)[C@@H]1O. The molecular formula is C27H44N2O6. The van der Waals surface area contributed by atoms with Crippen molar-refractivity contribution in [2.45, 2.75) is 110 Å². The molecule has 3 aliphatic carbocycles. The molecule has 0 aromatic heterocycles. The zero-order chi connectivity index (χ0) is 26.0. The van der Waals surface area contributed by atoms with E-state index >= 15 is 0 Å². The van der Waals surface area contributed by atoms with Crippen LogP contribution in [0.15, 0.2) is 12.7 Å². The molecule has 0 spiro atoms. The fraction of sp³-hybridized carbons (Fsp3) is 0.815. The van der Waals surface area contributed by atoms with Gasteiger partial charge in [-0.25, -0.2) is 14.9 Å². The van der Waals surface area contributed by atoms with E-state index in [0.717, 1.165) is 25.7 Å². The number of imide groups is 1. The number of Topliss-reactive ketones (excluding diaryl/α,β-unsaturated/α-hetero) is 1. The Bertz CT molecular complexity index is 811. The molecule has 4 N–H and O–H groups in total. The smallest absolute Gasteiger partial charge is 0.416 e. The summed E-state index contributed by atoms with van der Waals surface area (Å²) in [5.41, 5.74) is 4.64. The molecule has 3 aliphatic rings. The van der Waals surface area contributed by atoms with Crippen LogP contribution in [0.2, 0.25) is 0 Å². The predicted octanol–water partition coefficient (Wildman–Crippen LogP) is 4.48. The number of aliphatic hydroxyl groups excluding tert-OH is 1. The summed E-state index contributed by atoms with van der Waals surface area (Å²) >= 11 is 0. The maximum atomic E-state index is 13.1. The van der Waals surface area contributed by atoms with Gasteiger partial charge in [0.15, 0.2) is 0 Å². The molecule has 0 radical (unpaired) electrons. The van der Waals surface area contributed by atoms with Crippen molar-refractivity contribution in [2.75, 3.05) is 0 Å². The molecule has 2 amide bonds. The normalized spacial score (nSPS) is 39.9. The maximum Gasteiger partial charge on any atom is 0.416 e. The van der Waals surface area contributed by atoms with Gasteiger partial charge >= 0.3 is 12.2 Å². The van der Waals surface area contributed by atoms with Gasteiger partial charge in [0.2, 0.25) is 0 Å². The van der Waals surface area contributed by atoms with Crippen molar-refractivity contribution in [3.63, 3.8) is 0 Å². The predicted molar refractivity (Wildman–Crippen MR) is 132 cm³/mol. The van der Waals surface area contributed by atoms with Gasteiger partial charge in [0.05, 0.1) is 6.10 Å². The first-order valence-electron chi connectivity index (χ1n) is 13.2. The van der Waals surface area contributed by atoms with Crippen LogP contribution >= 0.6 is 0 Å². The van der Waals surface area contributed by atoms with Crippen LogP contribution in [0.1, 0.15) is 85.5 Å². The summed E-state index contributed by atoms with van der Waals surface area (Å²) < 4.78 is 10.9. The fourth-order valence-electron chi connectivity index (χ4n) is 6.47. The van der Waals surface area contributed by atoms with Crippen LogP contribution in [0.5, 0.6) is 0 Å². The molecule has 0 heterocycles. The quantitative estimate of drug-likeness (QED) is 0.447. The van der Waals surface area contributed by atoms with Gasteiger partial charge in [-0.2, -0.15) is 0 Å². The highest BCUT2D eigenvalue weighted by atomic mass is 16.6. The third kappa shape index (κ3) is 5.91. The number of amides is 2. The topological polar surface area (TPSA) is 128 Å². The lowest BCUT2D eigenvalue weighted by molar-refractivity contribution is -0.132. The molecule has 3 saturated carbocycles. The van der Waals surface area contributed by atoms with E-state index in [2.05, 4.69) is 32.7 Å². The number of fused-ring (bicyclic) bond motifs is 1. The van der Waals surface area contributed by atoms with Crippen LogP contribution in [-0.4, -0.2) is 47.4 Å². The Labute approximate surface area is 209 Å². The first-order valence-corrected chi connectivity index (χ1v) is 13.2. The Morgan fingerprint density at radius 3 is 2.46 bits per heavy atom. The molecule has 7 atom stereocenters. The molecule has 3 rings (SSSR count). The fourth-order valence-corrected chi connectivity index (χ4v) is 6.47. The molecule has 35 heavy (non-hydrogen) atoms. The molecule has 0 bridgehead atoms. The molecule has 198 valence electrons. The largest absolute Gasteiger partial charge is 0.446 e. The van der Waals surface area contributed by atoms with Gasteiger partial charge in [0.25, 0.3) is 0 Å².